The van der Waals surface area contributed by atoms with Gasteiger partial charge in [0.2, 0.25) is 0 Å². The lowest BCUT2D eigenvalue weighted by atomic mass is 9.72. The zero-order chi connectivity index (χ0) is 23.9. The van der Waals surface area contributed by atoms with E-state index in [1.54, 1.807) is 11.1 Å². The van der Waals surface area contributed by atoms with Crippen LogP contribution in [0.2, 0.25) is 0 Å². The van der Waals surface area contributed by atoms with Gasteiger partial charge in [-0.25, -0.2) is 18.7 Å². The molecule has 1 aromatic carbocycles. The third kappa shape index (κ3) is 4.33. The van der Waals surface area contributed by atoms with E-state index in [1.807, 2.05) is 13.8 Å². The SMILES string of the molecule is CC(C)N(C(=O)c1cc(F)ccc1Oc1cncnc1N1CC2(CCNCC2)C1)[C@H]1C[C@H](F)C1. The van der Waals surface area contributed by atoms with Crippen LogP contribution in [0.3, 0.4) is 0 Å². The van der Waals surface area contributed by atoms with Crippen molar-refractivity contribution in [2.24, 2.45) is 5.41 Å². The minimum Gasteiger partial charge on any atom is -0.451 e. The van der Waals surface area contributed by atoms with E-state index in [4.69, 9.17) is 4.74 Å². The number of anilines is 1. The molecule has 0 bridgehead atoms. The largest absolute Gasteiger partial charge is 0.451 e. The first-order valence-corrected chi connectivity index (χ1v) is 12.0. The van der Waals surface area contributed by atoms with Gasteiger partial charge in [-0.2, -0.15) is 0 Å². The number of hydrogen-bond donors (Lipinski definition) is 1. The van der Waals surface area contributed by atoms with Gasteiger partial charge in [0, 0.05) is 30.6 Å². The third-order valence-electron chi connectivity index (χ3n) is 7.31. The Bertz CT molecular complexity index is 1050. The fraction of sp³-hybridized carbons (Fsp3) is 0.560. The first kappa shape index (κ1) is 23.0. The summed E-state index contributed by atoms with van der Waals surface area (Å²) in [5.74, 6) is 0.438. The number of carbonyl (C=O) groups is 1. The molecule has 5 rings (SSSR count). The topological polar surface area (TPSA) is 70.6 Å². The third-order valence-corrected chi connectivity index (χ3v) is 7.31. The summed E-state index contributed by atoms with van der Waals surface area (Å²) in [6.07, 6.45) is 5.03. The number of halogens is 2. The van der Waals surface area contributed by atoms with Crippen LogP contribution in [0.5, 0.6) is 11.5 Å². The molecule has 3 heterocycles. The molecule has 0 atom stereocenters. The summed E-state index contributed by atoms with van der Waals surface area (Å²) in [6.45, 7) is 7.60. The maximum atomic E-state index is 14.2. The van der Waals surface area contributed by atoms with Crippen LogP contribution in [0.15, 0.2) is 30.7 Å². The van der Waals surface area contributed by atoms with Crippen molar-refractivity contribution in [3.63, 3.8) is 0 Å². The molecule has 1 aromatic heterocycles. The zero-order valence-electron chi connectivity index (χ0n) is 19.6. The molecule has 2 aliphatic heterocycles. The number of rotatable bonds is 6. The Morgan fingerprint density at radius 1 is 1.24 bits per heavy atom. The van der Waals surface area contributed by atoms with Crippen molar-refractivity contribution in [2.75, 3.05) is 31.1 Å². The van der Waals surface area contributed by atoms with Gasteiger partial charge in [0.15, 0.2) is 11.6 Å². The summed E-state index contributed by atoms with van der Waals surface area (Å²) >= 11 is 0. The molecular weight excluding hydrogens is 440 g/mol. The van der Waals surface area contributed by atoms with Crippen molar-refractivity contribution in [1.29, 1.82) is 0 Å². The highest BCUT2D eigenvalue weighted by molar-refractivity contribution is 5.97. The molecule has 34 heavy (non-hydrogen) atoms. The van der Waals surface area contributed by atoms with E-state index in [0.717, 1.165) is 39.0 Å². The highest BCUT2D eigenvalue weighted by atomic mass is 19.1. The second kappa shape index (κ2) is 9.09. The van der Waals surface area contributed by atoms with E-state index in [0.29, 0.717) is 29.8 Å². The van der Waals surface area contributed by atoms with Crippen molar-refractivity contribution in [3.05, 3.63) is 42.1 Å². The van der Waals surface area contributed by atoms with Gasteiger partial charge < -0.3 is 19.9 Å². The molecule has 1 N–H and O–H groups in total. The Morgan fingerprint density at radius 3 is 2.65 bits per heavy atom. The molecule has 1 saturated carbocycles. The fourth-order valence-electron chi connectivity index (χ4n) is 5.39. The maximum absolute atomic E-state index is 14.2. The minimum atomic E-state index is -0.897. The number of ether oxygens (including phenoxy) is 1. The second-order valence-electron chi connectivity index (χ2n) is 10.1. The van der Waals surface area contributed by atoms with Crippen LogP contribution in [-0.2, 0) is 0 Å². The van der Waals surface area contributed by atoms with Gasteiger partial charge >= 0.3 is 0 Å². The molecular formula is C25H31F2N5O2. The summed E-state index contributed by atoms with van der Waals surface area (Å²) < 4.78 is 33.9. The molecule has 7 nitrogen and oxygen atoms in total. The second-order valence-corrected chi connectivity index (χ2v) is 10.1. The highest BCUT2D eigenvalue weighted by Gasteiger charge is 2.45. The Labute approximate surface area is 198 Å². The van der Waals surface area contributed by atoms with Crippen molar-refractivity contribution in [3.8, 4) is 11.5 Å². The van der Waals surface area contributed by atoms with E-state index < -0.39 is 12.0 Å². The van der Waals surface area contributed by atoms with Gasteiger partial charge in [-0.05, 0) is 70.8 Å². The van der Waals surface area contributed by atoms with Crippen LogP contribution in [0, 0.1) is 11.2 Å². The van der Waals surface area contributed by atoms with Crippen LogP contribution >= 0.6 is 0 Å². The van der Waals surface area contributed by atoms with Crippen LogP contribution in [-0.4, -0.2) is 65.2 Å². The van der Waals surface area contributed by atoms with Crippen molar-refractivity contribution >= 4 is 11.7 Å². The molecule has 0 radical (unpaired) electrons. The predicted molar refractivity (Wildman–Crippen MR) is 124 cm³/mol. The van der Waals surface area contributed by atoms with Gasteiger partial charge in [0.05, 0.1) is 11.8 Å². The van der Waals surface area contributed by atoms with Gasteiger partial charge in [-0.1, -0.05) is 0 Å². The van der Waals surface area contributed by atoms with Gasteiger partial charge in [0.1, 0.15) is 24.1 Å². The molecule has 182 valence electrons. The molecule has 1 amide bonds. The highest BCUT2D eigenvalue weighted by Crippen LogP contribution is 2.44. The van der Waals surface area contributed by atoms with Crippen molar-refractivity contribution in [1.82, 2.24) is 20.2 Å². The summed E-state index contributed by atoms with van der Waals surface area (Å²) in [7, 11) is 0. The molecule has 3 aliphatic rings. The lowest BCUT2D eigenvalue weighted by molar-refractivity contribution is 0.0264. The summed E-state index contributed by atoms with van der Waals surface area (Å²) in [5.41, 5.74) is 0.420. The number of alkyl halides is 1. The normalized spacial score (nSPS) is 23.4. The number of carbonyl (C=O) groups excluding carboxylic acids is 1. The standard InChI is InChI=1S/C25H31F2N5O2/c1-16(2)32(19-9-18(27)10-19)24(33)20-11-17(26)3-4-21(20)34-22-12-29-15-30-23(22)31-13-25(14-31)5-7-28-8-6-25/h3-4,11-12,15-16,18-19,28H,5-10,13-14H2,1-2H3/t18-,19-. The summed E-state index contributed by atoms with van der Waals surface area (Å²) in [4.78, 5) is 25.9. The number of amides is 1. The van der Waals surface area contributed by atoms with E-state index in [1.165, 1.54) is 24.5 Å². The van der Waals surface area contributed by atoms with Crippen LogP contribution in [0.25, 0.3) is 0 Å². The Kier molecular flexibility index (Phi) is 6.14. The molecule has 1 spiro atoms. The number of nitrogens with zero attached hydrogens (tertiary/aromatic N) is 4. The van der Waals surface area contributed by atoms with Gasteiger partial charge in [0.25, 0.3) is 5.91 Å². The average Bonchev–Trinajstić information content (AvgIpc) is 2.78. The molecule has 1 aliphatic carbocycles. The first-order chi connectivity index (χ1) is 16.3. The van der Waals surface area contributed by atoms with Gasteiger partial charge in [-0.15, -0.1) is 0 Å². The molecule has 0 unspecified atom stereocenters. The van der Waals surface area contributed by atoms with Crippen molar-refractivity contribution in [2.45, 2.75) is 57.8 Å². The van der Waals surface area contributed by atoms with Gasteiger partial charge in [-0.3, -0.25) is 4.79 Å². The number of hydrogen-bond acceptors (Lipinski definition) is 6. The lowest BCUT2D eigenvalue weighted by Crippen LogP contribution is -2.60. The summed E-state index contributed by atoms with van der Waals surface area (Å²) in [5, 5.41) is 3.41. The number of nitrogens with one attached hydrogen (secondary N) is 1. The van der Waals surface area contributed by atoms with Crippen LogP contribution in [0.1, 0.15) is 49.9 Å². The quantitative estimate of drug-likeness (QED) is 0.688. The number of piperidine rings is 1. The Balaban J connectivity index is 1.39. The molecule has 9 heteroatoms. The first-order valence-electron chi connectivity index (χ1n) is 12.0. The minimum absolute atomic E-state index is 0.115. The molecule has 2 aromatic rings. The number of benzene rings is 1. The van der Waals surface area contributed by atoms with E-state index in [-0.39, 0.29) is 29.3 Å². The zero-order valence-corrected chi connectivity index (χ0v) is 19.6. The Hall–Kier alpha value is -2.81. The van der Waals surface area contributed by atoms with E-state index in [2.05, 4.69) is 20.2 Å². The maximum Gasteiger partial charge on any atom is 0.258 e. The lowest BCUT2D eigenvalue weighted by Gasteiger charge is -2.53. The fourth-order valence-corrected chi connectivity index (χ4v) is 5.39. The molecule has 3 fully saturated rings. The molecule has 2 saturated heterocycles. The van der Waals surface area contributed by atoms with E-state index in [9.17, 15) is 13.6 Å². The van der Waals surface area contributed by atoms with Crippen LogP contribution < -0.4 is 15.0 Å². The summed E-state index contributed by atoms with van der Waals surface area (Å²) in [6, 6.07) is 3.57. The smallest absolute Gasteiger partial charge is 0.258 e. The number of aromatic nitrogens is 2. The van der Waals surface area contributed by atoms with E-state index >= 15 is 0 Å². The predicted octanol–water partition coefficient (Wildman–Crippen LogP) is 3.95. The average molecular weight is 472 g/mol. The van der Waals surface area contributed by atoms with Crippen LogP contribution in [0.4, 0.5) is 14.6 Å². The van der Waals surface area contributed by atoms with Crippen molar-refractivity contribution < 1.29 is 18.3 Å². The Morgan fingerprint density at radius 2 is 1.97 bits per heavy atom. The monoisotopic (exact) mass is 471 g/mol.